The summed E-state index contributed by atoms with van der Waals surface area (Å²) in [5, 5.41) is 10.5. The summed E-state index contributed by atoms with van der Waals surface area (Å²) in [6, 6.07) is 0. The van der Waals surface area contributed by atoms with Crippen molar-refractivity contribution in [2.45, 2.75) is 39.7 Å². The van der Waals surface area contributed by atoms with Gasteiger partial charge in [-0.2, -0.15) is 0 Å². The van der Waals surface area contributed by atoms with E-state index in [0.29, 0.717) is 4.34 Å². The first-order chi connectivity index (χ1) is 6.38. The zero-order chi connectivity index (χ0) is 10.8. The molecule has 1 atom stereocenters. The Morgan fingerprint density at radius 2 is 2.21 bits per heavy atom. The summed E-state index contributed by atoms with van der Waals surface area (Å²) in [6.45, 7) is 6.48. The second-order valence-corrected chi connectivity index (χ2v) is 6.31. The molecule has 0 aliphatic carbocycles. The van der Waals surface area contributed by atoms with Crippen LogP contribution in [0.2, 0.25) is 4.34 Å². The van der Waals surface area contributed by atoms with E-state index in [4.69, 9.17) is 11.6 Å². The molecule has 0 aromatic carbocycles. The summed E-state index contributed by atoms with van der Waals surface area (Å²) in [7, 11) is 0. The molecular formula is C10H16ClNOS. The number of thiazole rings is 1. The van der Waals surface area contributed by atoms with Crippen molar-refractivity contribution in [1.82, 2.24) is 4.98 Å². The Bertz CT molecular complexity index is 293. The zero-order valence-corrected chi connectivity index (χ0v) is 10.3. The van der Waals surface area contributed by atoms with E-state index in [0.717, 1.165) is 17.8 Å². The lowest BCUT2D eigenvalue weighted by molar-refractivity contribution is 0.147. The van der Waals surface area contributed by atoms with E-state index in [1.807, 2.05) is 0 Å². The molecule has 0 aliphatic heterocycles. The molecule has 1 heterocycles. The molecule has 1 rings (SSSR count). The van der Waals surface area contributed by atoms with Gasteiger partial charge in [-0.3, -0.25) is 0 Å². The molecule has 1 aromatic heterocycles. The van der Waals surface area contributed by atoms with Gasteiger partial charge in [0.15, 0.2) is 0 Å². The Morgan fingerprint density at radius 1 is 1.57 bits per heavy atom. The number of hydrogen-bond acceptors (Lipinski definition) is 3. The highest BCUT2D eigenvalue weighted by atomic mass is 35.5. The standard InChI is InChI=1S/C10H16ClNOS/c1-10(2,3)5-4-7(13)9-12-6-8(11)14-9/h6-7,13H,4-5H2,1-3H3. The third-order valence-corrected chi connectivity index (χ3v) is 3.16. The summed E-state index contributed by atoms with van der Waals surface area (Å²) in [5.74, 6) is 0. The van der Waals surface area contributed by atoms with Crippen LogP contribution in [0.15, 0.2) is 6.20 Å². The predicted octanol–water partition coefficient (Wildman–Crippen LogP) is 3.66. The second-order valence-electron chi connectivity index (χ2n) is 4.62. The average Bonchev–Trinajstić information content (AvgIpc) is 2.46. The number of hydrogen-bond donors (Lipinski definition) is 1. The van der Waals surface area contributed by atoms with E-state index < -0.39 is 6.10 Å². The Kier molecular flexibility index (Phi) is 3.93. The van der Waals surface area contributed by atoms with Crippen LogP contribution in [-0.4, -0.2) is 10.1 Å². The van der Waals surface area contributed by atoms with Gasteiger partial charge in [-0.1, -0.05) is 32.4 Å². The first-order valence-electron chi connectivity index (χ1n) is 4.68. The molecule has 0 saturated heterocycles. The average molecular weight is 234 g/mol. The van der Waals surface area contributed by atoms with Crippen LogP contribution in [-0.2, 0) is 0 Å². The van der Waals surface area contributed by atoms with Crippen LogP contribution in [0.3, 0.4) is 0 Å². The molecule has 0 saturated carbocycles. The fourth-order valence-electron chi connectivity index (χ4n) is 1.11. The van der Waals surface area contributed by atoms with Crippen LogP contribution in [0.1, 0.15) is 44.7 Å². The first-order valence-corrected chi connectivity index (χ1v) is 5.87. The number of rotatable bonds is 3. The van der Waals surface area contributed by atoms with Crippen molar-refractivity contribution < 1.29 is 5.11 Å². The molecule has 0 aliphatic rings. The van der Waals surface area contributed by atoms with Crippen molar-refractivity contribution in [1.29, 1.82) is 0 Å². The van der Waals surface area contributed by atoms with Crippen LogP contribution in [0.4, 0.5) is 0 Å². The Labute approximate surface area is 93.9 Å². The van der Waals surface area contributed by atoms with Gasteiger partial charge in [-0.25, -0.2) is 4.98 Å². The minimum Gasteiger partial charge on any atom is -0.386 e. The van der Waals surface area contributed by atoms with Crippen molar-refractivity contribution in [2.24, 2.45) is 5.41 Å². The lowest BCUT2D eigenvalue weighted by Gasteiger charge is -2.19. The van der Waals surface area contributed by atoms with Crippen molar-refractivity contribution in [3.8, 4) is 0 Å². The van der Waals surface area contributed by atoms with Crippen LogP contribution < -0.4 is 0 Å². The van der Waals surface area contributed by atoms with Gasteiger partial charge in [0.1, 0.15) is 15.4 Å². The topological polar surface area (TPSA) is 33.1 Å². The lowest BCUT2D eigenvalue weighted by atomic mass is 9.89. The van der Waals surface area contributed by atoms with Gasteiger partial charge in [0.05, 0.1) is 6.20 Å². The summed E-state index contributed by atoms with van der Waals surface area (Å²) in [6.07, 6.45) is 2.84. The van der Waals surface area contributed by atoms with Gasteiger partial charge in [-0.15, -0.1) is 11.3 Å². The van der Waals surface area contributed by atoms with E-state index in [9.17, 15) is 5.11 Å². The maximum absolute atomic E-state index is 9.79. The molecule has 14 heavy (non-hydrogen) atoms. The van der Waals surface area contributed by atoms with Gasteiger partial charge in [0, 0.05) is 0 Å². The third-order valence-electron chi connectivity index (χ3n) is 1.95. The van der Waals surface area contributed by atoms with Gasteiger partial charge < -0.3 is 5.11 Å². The molecule has 0 amide bonds. The lowest BCUT2D eigenvalue weighted by Crippen LogP contribution is -2.07. The predicted molar refractivity (Wildman–Crippen MR) is 60.8 cm³/mol. The monoisotopic (exact) mass is 233 g/mol. The van der Waals surface area contributed by atoms with Gasteiger partial charge in [0.25, 0.3) is 0 Å². The van der Waals surface area contributed by atoms with E-state index in [-0.39, 0.29) is 5.41 Å². The maximum atomic E-state index is 9.79. The SMILES string of the molecule is CC(C)(C)CCC(O)c1ncc(Cl)s1. The van der Waals surface area contributed by atoms with E-state index >= 15 is 0 Å². The maximum Gasteiger partial charge on any atom is 0.123 e. The Balaban J connectivity index is 2.47. The fourth-order valence-corrected chi connectivity index (χ4v) is 2.06. The van der Waals surface area contributed by atoms with Crippen LogP contribution in [0.25, 0.3) is 0 Å². The number of aliphatic hydroxyl groups is 1. The first kappa shape index (κ1) is 12.0. The highest BCUT2D eigenvalue weighted by Gasteiger charge is 2.16. The molecular weight excluding hydrogens is 218 g/mol. The molecule has 0 spiro atoms. The molecule has 4 heteroatoms. The number of halogens is 1. The van der Waals surface area contributed by atoms with E-state index in [2.05, 4.69) is 25.8 Å². The van der Waals surface area contributed by atoms with Crippen molar-refractivity contribution >= 4 is 22.9 Å². The highest BCUT2D eigenvalue weighted by Crippen LogP contribution is 2.30. The molecule has 0 bridgehead atoms. The molecule has 80 valence electrons. The number of nitrogens with zero attached hydrogens (tertiary/aromatic N) is 1. The minimum absolute atomic E-state index is 0.252. The quantitative estimate of drug-likeness (QED) is 0.865. The molecule has 0 fully saturated rings. The summed E-state index contributed by atoms with van der Waals surface area (Å²) < 4.78 is 0.634. The van der Waals surface area contributed by atoms with Crippen molar-refractivity contribution in [3.05, 3.63) is 15.5 Å². The summed E-state index contributed by atoms with van der Waals surface area (Å²) in [5.41, 5.74) is 0.252. The largest absolute Gasteiger partial charge is 0.386 e. The van der Waals surface area contributed by atoms with Crippen LogP contribution >= 0.6 is 22.9 Å². The molecule has 1 unspecified atom stereocenters. The molecule has 0 radical (unpaired) electrons. The molecule has 2 nitrogen and oxygen atoms in total. The van der Waals surface area contributed by atoms with Gasteiger partial charge in [0.2, 0.25) is 0 Å². The van der Waals surface area contributed by atoms with Crippen LogP contribution in [0, 0.1) is 5.41 Å². The smallest absolute Gasteiger partial charge is 0.123 e. The normalized spacial score (nSPS) is 14.4. The third kappa shape index (κ3) is 3.95. The van der Waals surface area contributed by atoms with Crippen molar-refractivity contribution in [3.63, 3.8) is 0 Å². The minimum atomic E-state index is -0.466. The van der Waals surface area contributed by atoms with Gasteiger partial charge >= 0.3 is 0 Å². The Morgan fingerprint density at radius 3 is 2.64 bits per heavy atom. The van der Waals surface area contributed by atoms with Crippen molar-refractivity contribution in [2.75, 3.05) is 0 Å². The summed E-state index contributed by atoms with van der Waals surface area (Å²) in [4.78, 5) is 4.05. The van der Waals surface area contributed by atoms with E-state index in [1.54, 1.807) is 6.20 Å². The fraction of sp³-hybridized carbons (Fsp3) is 0.700. The van der Waals surface area contributed by atoms with Crippen LogP contribution in [0.5, 0.6) is 0 Å². The Hall–Kier alpha value is -0.120. The highest BCUT2D eigenvalue weighted by molar-refractivity contribution is 7.15. The van der Waals surface area contributed by atoms with E-state index in [1.165, 1.54) is 11.3 Å². The number of aliphatic hydroxyl groups excluding tert-OH is 1. The number of aromatic nitrogens is 1. The summed E-state index contributed by atoms with van der Waals surface area (Å²) >= 11 is 7.09. The molecule has 1 aromatic rings. The second kappa shape index (κ2) is 4.60. The van der Waals surface area contributed by atoms with Gasteiger partial charge in [-0.05, 0) is 18.3 Å². The zero-order valence-electron chi connectivity index (χ0n) is 8.75. The molecule has 1 N–H and O–H groups in total.